The van der Waals surface area contributed by atoms with Crippen LogP contribution in [0.15, 0.2) is 30.6 Å². The lowest BCUT2D eigenvalue weighted by molar-refractivity contribution is 0.586. The number of fused-ring (bicyclic) bond motifs is 3. The van der Waals surface area contributed by atoms with E-state index in [1.165, 1.54) is 5.56 Å². The Morgan fingerprint density at radius 3 is 2.59 bits per heavy atom. The fraction of sp³-hybridized carbons (Fsp3) is 0.300. The van der Waals surface area contributed by atoms with E-state index in [0.29, 0.717) is 0 Å². The first-order valence-electron chi connectivity index (χ1n) is 9.15. The molecule has 27 heavy (non-hydrogen) atoms. The number of piperazine rings is 1. The van der Waals surface area contributed by atoms with Crippen molar-refractivity contribution < 1.29 is 0 Å². The molecule has 0 amide bonds. The van der Waals surface area contributed by atoms with E-state index in [4.69, 9.17) is 15.0 Å². The predicted molar refractivity (Wildman–Crippen MR) is 111 cm³/mol. The van der Waals surface area contributed by atoms with Crippen LogP contribution in [-0.2, 0) is 0 Å². The Morgan fingerprint density at radius 2 is 1.81 bits per heavy atom. The third-order valence-electron chi connectivity index (χ3n) is 4.95. The Labute approximate surface area is 161 Å². The lowest BCUT2D eigenvalue weighted by atomic mass is 10.1. The van der Waals surface area contributed by atoms with Crippen molar-refractivity contribution in [1.82, 2.24) is 25.3 Å². The Balaban J connectivity index is 1.83. The number of anilines is 1. The summed E-state index contributed by atoms with van der Waals surface area (Å²) >= 11 is 1.70. The molecule has 0 unspecified atom stereocenters. The van der Waals surface area contributed by atoms with Gasteiger partial charge in [0, 0.05) is 55.2 Å². The molecule has 0 spiro atoms. The van der Waals surface area contributed by atoms with Gasteiger partial charge >= 0.3 is 0 Å². The van der Waals surface area contributed by atoms with Crippen molar-refractivity contribution in [2.24, 2.45) is 0 Å². The van der Waals surface area contributed by atoms with Crippen LogP contribution in [0.4, 0.5) is 5.82 Å². The van der Waals surface area contributed by atoms with E-state index < -0.39 is 0 Å². The van der Waals surface area contributed by atoms with Crippen molar-refractivity contribution in [2.45, 2.75) is 13.8 Å². The first-order valence-corrected chi connectivity index (χ1v) is 9.97. The first-order chi connectivity index (χ1) is 13.2. The zero-order valence-corrected chi connectivity index (χ0v) is 16.2. The molecule has 0 aromatic carbocycles. The summed E-state index contributed by atoms with van der Waals surface area (Å²) in [6.45, 7) is 8.02. The van der Waals surface area contributed by atoms with Crippen LogP contribution in [0.2, 0.25) is 0 Å². The Hall–Kier alpha value is -2.64. The van der Waals surface area contributed by atoms with E-state index in [-0.39, 0.29) is 0 Å². The highest BCUT2D eigenvalue weighted by Gasteiger charge is 2.22. The van der Waals surface area contributed by atoms with E-state index in [1.54, 1.807) is 23.7 Å². The minimum Gasteiger partial charge on any atom is -0.353 e. The summed E-state index contributed by atoms with van der Waals surface area (Å²) in [7, 11) is 0. The Bertz CT molecular complexity index is 1130. The number of hydrogen-bond donors (Lipinski definition) is 1. The molecule has 136 valence electrons. The maximum atomic E-state index is 4.98. The van der Waals surface area contributed by atoms with Gasteiger partial charge in [-0.2, -0.15) is 0 Å². The summed E-state index contributed by atoms with van der Waals surface area (Å²) in [6.07, 6.45) is 3.57. The molecule has 5 heterocycles. The molecule has 0 atom stereocenters. The van der Waals surface area contributed by atoms with E-state index in [1.807, 2.05) is 19.1 Å². The van der Waals surface area contributed by atoms with Gasteiger partial charge in [-0.05, 0) is 37.6 Å². The standard InChI is InChI=1S/C20H20N6S/c1-12-11-13(2)23-20-15(12)16-17(27-20)19(26-9-7-22-8-10-26)25-18(24-16)14-3-5-21-6-4-14/h3-6,11,22H,7-10H2,1-2H3. The number of pyridine rings is 2. The SMILES string of the molecule is Cc1cc(C)c2c(n1)sc1c(N3CCNCC3)nc(-c3ccncc3)nc12. The normalized spacial score (nSPS) is 15.0. The second-order valence-corrected chi connectivity index (χ2v) is 7.88. The number of rotatable bonds is 2. The number of nitrogens with one attached hydrogen (secondary N) is 1. The Morgan fingerprint density at radius 1 is 1.04 bits per heavy atom. The topological polar surface area (TPSA) is 66.8 Å². The highest BCUT2D eigenvalue weighted by molar-refractivity contribution is 7.26. The molecule has 6 nitrogen and oxygen atoms in total. The minimum absolute atomic E-state index is 0.748. The van der Waals surface area contributed by atoms with Gasteiger partial charge in [0.2, 0.25) is 0 Å². The van der Waals surface area contributed by atoms with Crippen LogP contribution in [0, 0.1) is 13.8 Å². The molecule has 1 saturated heterocycles. The second-order valence-electron chi connectivity index (χ2n) is 6.88. The molecule has 0 bridgehead atoms. The van der Waals surface area contributed by atoms with Crippen molar-refractivity contribution in [3.8, 4) is 11.4 Å². The van der Waals surface area contributed by atoms with Crippen LogP contribution < -0.4 is 10.2 Å². The van der Waals surface area contributed by atoms with Gasteiger partial charge in [-0.3, -0.25) is 4.98 Å². The average molecular weight is 376 g/mol. The highest BCUT2D eigenvalue weighted by atomic mass is 32.1. The van der Waals surface area contributed by atoms with Gasteiger partial charge in [-0.1, -0.05) is 0 Å². The number of thiophene rings is 1. The van der Waals surface area contributed by atoms with Crippen molar-refractivity contribution in [1.29, 1.82) is 0 Å². The third-order valence-corrected chi connectivity index (χ3v) is 6.02. The molecule has 1 aliphatic heterocycles. The molecule has 0 aliphatic carbocycles. The van der Waals surface area contributed by atoms with Gasteiger partial charge in [0.05, 0.1) is 10.2 Å². The summed E-state index contributed by atoms with van der Waals surface area (Å²) in [4.78, 5) is 22.3. The lowest BCUT2D eigenvalue weighted by Gasteiger charge is -2.28. The molecule has 4 aromatic heterocycles. The zero-order chi connectivity index (χ0) is 18.4. The van der Waals surface area contributed by atoms with Crippen LogP contribution in [-0.4, -0.2) is 46.1 Å². The van der Waals surface area contributed by atoms with Crippen LogP contribution >= 0.6 is 11.3 Å². The van der Waals surface area contributed by atoms with Crippen molar-refractivity contribution in [2.75, 3.05) is 31.1 Å². The monoisotopic (exact) mass is 376 g/mol. The summed E-state index contributed by atoms with van der Waals surface area (Å²) in [5.74, 6) is 1.77. The van der Waals surface area contributed by atoms with E-state index in [9.17, 15) is 0 Å². The quantitative estimate of drug-likeness (QED) is 0.579. The molecule has 0 saturated carbocycles. The largest absolute Gasteiger partial charge is 0.353 e. The van der Waals surface area contributed by atoms with Crippen molar-refractivity contribution in [3.63, 3.8) is 0 Å². The molecule has 1 fully saturated rings. The molecule has 1 aliphatic rings. The van der Waals surface area contributed by atoms with E-state index in [2.05, 4.69) is 28.2 Å². The van der Waals surface area contributed by atoms with Crippen LogP contribution in [0.3, 0.4) is 0 Å². The van der Waals surface area contributed by atoms with Gasteiger partial charge in [0.1, 0.15) is 4.83 Å². The third kappa shape index (κ3) is 2.83. The number of aryl methyl sites for hydroxylation is 2. The summed E-state index contributed by atoms with van der Waals surface area (Å²) in [6, 6.07) is 6.06. The maximum absolute atomic E-state index is 4.98. The number of nitrogens with zero attached hydrogens (tertiary/aromatic N) is 5. The van der Waals surface area contributed by atoms with Gasteiger partial charge in [0.25, 0.3) is 0 Å². The number of aromatic nitrogens is 4. The molecule has 0 radical (unpaired) electrons. The average Bonchev–Trinajstić information content (AvgIpc) is 3.07. The Kier molecular flexibility index (Phi) is 3.98. The van der Waals surface area contributed by atoms with Crippen LogP contribution in [0.25, 0.3) is 31.8 Å². The smallest absolute Gasteiger partial charge is 0.162 e. The minimum atomic E-state index is 0.748. The van der Waals surface area contributed by atoms with Crippen LogP contribution in [0.5, 0.6) is 0 Å². The predicted octanol–water partition coefficient (Wildman–Crippen LogP) is 3.33. The lowest BCUT2D eigenvalue weighted by Crippen LogP contribution is -2.44. The highest BCUT2D eigenvalue weighted by Crippen LogP contribution is 2.39. The fourth-order valence-corrected chi connectivity index (χ4v) is 4.94. The maximum Gasteiger partial charge on any atom is 0.162 e. The molecular formula is C20H20N6S. The summed E-state index contributed by atoms with van der Waals surface area (Å²) in [5.41, 5.74) is 4.25. The van der Waals surface area contributed by atoms with Gasteiger partial charge in [-0.15, -0.1) is 11.3 Å². The summed E-state index contributed by atoms with van der Waals surface area (Å²) in [5, 5.41) is 4.57. The van der Waals surface area contributed by atoms with Gasteiger partial charge in [0.15, 0.2) is 11.6 Å². The molecule has 1 N–H and O–H groups in total. The summed E-state index contributed by atoms with van der Waals surface area (Å²) < 4.78 is 1.13. The zero-order valence-electron chi connectivity index (χ0n) is 15.4. The molecule has 5 rings (SSSR count). The van der Waals surface area contributed by atoms with Crippen LogP contribution in [0.1, 0.15) is 11.3 Å². The molecule has 7 heteroatoms. The van der Waals surface area contributed by atoms with Gasteiger partial charge in [-0.25, -0.2) is 15.0 Å². The first kappa shape index (κ1) is 16.5. The van der Waals surface area contributed by atoms with Crippen molar-refractivity contribution >= 4 is 37.6 Å². The van der Waals surface area contributed by atoms with E-state index >= 15 is 0 Å². The fourth-order valence-electron chi connectivity index (χ4n) is 3.68. The van der Waals surface area contributed by atoms with Gasteiger partial charge < -0.3 is 10.2 Å². The number of hydrogen-bond acceptors (Lipinski definition) is 7. The molecular weight excluding hydrogens is 356 g/mol. The van der Waals surface area contributed by atoms with Crippen molar-refractivity contribution in [3.05, 3.63) is 41.9 Å². The second kappa shape index (κ2) is 6.51. The molecule has 4 aromatic rings. The van der Waals surface area contributed by atoms with E-state index in [0.717, 1.165) is 69.5 Å².